The minimum atomic E-state index is -0.425. The van der Waals surface area contributed by atoms with Crippen LogP contribution in [0.4, 0.5) is 5.82 Å². The fraction of sp³-hybridized carbons (Fsp3) is 0.267. The number of rotatable bonds is 3. The van der Waals surface area contributed by atoms with Gasteiger partial charge in [-0.1, -0.05) is 18.2 Å². The van der Waals surface area contributed by atoms with Crippen LogP contribution in [0.5, 0.6) is 5.75 Å². The van der Waals surface area contributed by atoms with Gasteiger partial charge < -0.3 is 15.0 Å². The van der Waals surface area contributed by atoms with E-state index in [-0.39, 0.29) is 6.04 Å². The number of esters is 1. The normalized spacial score (nSPS) is 10.7. The van der Waals surface area contributed by atoms with Crippen molar-refractivity contribution in [3.63, 3.8) is 0 Å². The Morgan fingerprint density at radius 3 is 2.53 bits per heavy atom. The Hall–Kier alpha value is -2.23. The lowest BCUT2D eigenvalue weighted by Crippen LogP contribution is -2.13. The van der Waals surface area contributed by atoms with Crippen molar-refractivity contribution in [2.45, 2.75) is 26.8 Å². The molecule has 0 saturated carbocycles. The molecule has 0 bridgehead atoms. The molecule has 1 aromatic carbocycles. The fourth-order valence-electron chi connectivity index (χ4n) is 1.91. The second kappa shape index (κ2) is 5.18. The van der Waals surface area contributed by atoms with Gasteiger partial charge in [-0.25, -0.2) is 4.79 Å². The van der Waals surface area contributed by atoms with Crippen molar-refractivity contribution >= 4 is 11.8 Å². The number of benzene rings is 1. The van der Waals surface area contributed by atoms with Gasteiger partial charge in [0.05, 0.1) is 0 Å². The van der Waals surface area contributed by atoms with Crippen LogP contribution in [0.15, 0.2) is 36.5 Å². The molecule has 0 saturated heterocycles. The Morgan fingerprint density at radius 2 is 1.95 bits per heavy atom. The summed E-state index contributed by atoms with van der Waals surface area (Å²) in [5.41, 5.74) is 7.27. The fourth-order valence-corrected chi connectivity index (χ4v) is 1.91. The number of hydrogen-bond donors (Lipinski definition) is 1. The molecule has 2 rings (SSSR count). The summed E-state index contributed by atoms with van der Waals surface area (Å²) in [4.78, 5) is 12.1. The molecule has 0 aliphatic heterocycles. The van der Waals surface area contributed by atoms with E-state index in [1.807, 2.05) is 43.5 Å². The Kier molecular flexibility index (Phi) is 3.60. The molecule has 0 fully saturated rings. The van der Waals surface area contributed by atoms with E-state index in [2.05, 4.69) is 0 Å². The van der Waals surface area contributed by atoms with Crippen LogP contribution in [0.2, 0.25) is 0 Å². The number of ether oxygens (including phenoxy) is 1. The number of nitrogen functional groups attached to an aromatic ring is 1. The average molecular weight is 258 g/mol. The van der Waals surface area contributed by atoms with Gasteiger partial charge in [0.15, 0.2) is 0 Å². The summed E-state index contributed by atoms with van der Waals surface area (Å²) in [6.45, 7) is 5.91. The smallest absolute Gasteiger partial charge is 0.347 e. The minimum absolute atomic E-state index is 0.208. The first-order chi connectivity index (χ1) is 9.00. The van der Waals surface area contributed by atoms with E-state index in [9.17, 15) is 4.79 Å². The molecule has 4 heteroatoms. The first kappa shape index (κ1) is 13.2. The summed E-state index contributed by atoms with van der Waals surface area (Å²) in [5.74, 6) is 0.573. The van der Waals surface area contributed by atoms with Crippen LogP contribution in [0.1, 0.15) is 35.8 Å². The summed E-state index contributed by atoms with van der Waals surface area (Å²) in [5, 5.41) is 0. The van der Waals surface area contributed by atoms with Crippen molar-refractivity contribution in [2.75, 3.05) is 5.73 Å². The lowest BCUT2D eigenvalue weighted by molar-refractivity contribution is 0.0734. The number of aryl methyl sites for hydroxylation is 1. The van der Waals surface area contributed by atoms with Crippen LogP contribution >= 0.6 is 0 Å². The van der Waals surface area contributed by atoms with Crippen molar-refractivity contribution in [1.29, 1.82) is 0 Å². The van der Waals surface area contributed by atoms with Gasteiger partial charge in [0.2, 0.25) is 0 Å². The third-order valence-electron chi connectivity index (χ3n) is 3.03. The van der Waals surface area contributed by atoms with Crippen LogP contribution in [0.3, 0.4) is 0 Å². The largest absolute Gasteiger partial charge is 0.423 e. The minimum Gasteiger partial charge on any atom is -0.423 e. The molecule has 1 heterocycles. The molecular formula is C15H18N2O2. The molecule has 100 valence electrons. The summed E-state index contributed by atoms with van der Waals surface area (Å²) < 4.78 is 7.21. The van der Waals surface area contributed by atoms with E-state index < -0.39 is 5.97 Å². The van der Waals surface area contributed by atoms with Crippen molar-refractivity contribution in [1.82, 2.24) is 4.57 Å². The van der Waals surface area contributed by atoms with Gasteiger partial charge in [-0.15, -0.1) is 0 Å². The maximum absolute atomic E-state index is 12.1. The predicted octanol–water partition coefficient (Wildman–Crippen LogP) is 3.18. The summed E-state index contributed by atoms with van der Waals surface area (Å²) in [6, 6.07) is 9.29. The zero-order valence-electron chi connectivity index (χ0n) is 11.4. The molecule has 0 amide bonds. The van der Waals surface area contributed by atoms with Crippen LogP contribution in [-0.2, 0) is 0 Å². The molecule has 2 aromatic rings. The summed E-state index contributed by atoms with van der Waals surface area (Å²) >= 11 is 0. The number of aromatic nitrogens is 1. The number of para-hydroxylation sites is 1. The molecule has 0 aliphatic rings. The van der Waals surface area contributed by atoms with Gasteiger partial charge in [0.1, 0.15) is 17.1 Å². The van der Waals surface area contributed by atoms with Crippen molar-refractivity contribution in [3.05, 3.63) is 47.7 Å². The maximum Gasteiger partial charge on any atom is 0.347 e. The highest BCUT2D eigenvalue weighted by Crippen LogP contribution is 2.22. The van der Waals surface area contributed by atoms with E-state index in [1.54, 1.807) is 18.3 Å². The number of anilines is 1. The van der Waals surface area contributed by atoms with E-state index >= 15 is 0 Å². The highest BCUT2D eigenvalue weighted by Gasteiger charge is 2.17. The van der Waals surface area contributed by atoms with Crippen LogP contribution in [-0.4, -0.2) is 10.5 Å². The molecule has 0 unspecified atom stereocenters. The third-order valence-corrected chi connectivity index (χ3v) is 3.03. The van der Waals surface area contributed by atoms with Crippen molar-refractivity contribution in [3.8, 4) is 5.75 Å². The molecule has 4 nitrogen and oxygen atoms in total. The summed E-state index contributed by atoms with van der Waals surface area (Å²) in [6.07, 6.45) is 1.80. The van der Waals surface area contributed by atoms with Gasteiger partial charge in [0.25, 0.3) is 0 Å². The third kappa shape index (κ3) is 2.62. The zero-order valence-corrected chi connectivity index (χ0v) is 11.4. The van der Waals surface area contributed by atoms with Gasteiger partial charge in [-0.05, 0) is 38.5 Å². The Morgan fingerprint density at radius 1 is 1.26 bits per heavy atom. The van der Waals surface area contributed by atoms with E-state index in [4.69, 9.17) is 10.5 Å². The first-order valence-electron chi connectivity index (χ1n) is 6.25. The quantitative estimate of drug-likeness (QED) is 0.679. The number of hydrogen-bond acceptors (Lipinski definition) is 3. The van der Waals surface area contributed by atoms with E-state index in [0.29, 0.717) is 17.1 Å². The Balaban J connectivity index is 2.24. The van der Waals surface area contributed by atoms with Crippen LogP contribution < -0.4 is 10.5 Å². The number of nitrogens with two attached hydrogens (primary N) is 1. The molecular weight excluding hydrogens is 240 g/mol. The molecule has 1 aromatic heterocycles. The number of carbonyl (C=O) groups excluding carboxylic acids is 1. The maximum atomic E-state index is 12.1. The Labute approximate surface area is 112 Å². The van der Waals surface area contributed by atoms with E-state index in [1.165, 1.54) is 0 Å². The monoisotopic (exact) mass is 258 g/mol. The molecule has 0 atom stereocenters. The van der Waals surface area contributed by atoms with Crippen LogP contribution in [0.25, 0.3) is 0 Å². The lowest BCUT2D eigenvalue weighted by Gasteiger charge is -2.11. The highest BCUT2D eigenvalue weighted by atomic mass is 16.5. The highest BCUT2D eigenvalue weighted by molar-refractivity contribution is 5.96. The van der Waals surface area contributed by atoms with Gasteiger partial charge in [-0.3, -0.25) is 0 Å². The second-order valence-corrected chi connectivity index (χ2v) is 4.77. The molecule has 2 N–H and O–H groups in total. The average Bonchev–Trinajstić information content (AvgIpc) is 2.74. The van der Waals surface area contributed by atoms with Crippen molar-refractivity contribution < 1.29 is 9.53 Å². The topological polar surface area (TPSA) is 57.2 Å². The number of nitrogens with zero attached hydrogens (tertiary/aromatic N) is 1. The van der Waals surface area contributed by atoms with Gasteiger partial charge >= 0.3 is 5.97 Å². The zero-order chi connectivity index (χ0) is 14.0. The lowest BCUT2D eigenvalue weighted by atomic mass is 10.2. The van der Waals surface area contributed by atoms with Gasteiger partial charge in [0, 0.05) is 12.2 Å². The molecule has 19 heavy (non-hydrogen) atoms. The molecule has 0 aliphatic carbocycles. The SMILES string of the molecule is Cc1ccccc1OC(=O)c1ccn(C(C)C)c1N. The molecule has 0 radical (unpaired) electrons. The van der Waals surface area contributed by atoms with Crippen molar-refractivity contribution in [2.24, 2.45) is 0 Å². The predicted molar refractivity (Wildman–Crippen MR) is 75.4 cm³/mol. The standard InChI is InChI=1S/C15H18N2O2/c1-10(2)17-9-8-12(14(17)16)15(18)19-13-7-5-4-6-11(13)3/h4-10H,16H2,1-3H3. The van der Waals surface area contributed by atoms with E-state index in [0.717, 1.165) is 5.56 Å². The number of carbonyl (C=O) groups is 1. The Bertz CT molecular complexity index is 600. The second-order valence-electron chi connectivity index (χ2n) is 4.77. The molecule has 0 spiro atoms. The van der Waals surface area contributed by atoms with Crippen LogP contribution in [0, 0.1) is 6.92 Å². The summed E-state index contributed by atoms with van der Waals surface area (Å²) in [7, 11) is 0. The van der Waals surface area contributed by atoms with Gasteiger partial charge in [-0.2, -0.15) is 0 Å². The first-order valence-corrected chi connectivity index (χ1v) is 6.25.